The Labute approximate surface area is 302 Å². The Kier molecular flexibility index (Phi) is 18.9. The zero-order valence-electron chi connectivity index (χ0n) is 29.6. The summed E-state index contributed by atoms with van der Waals surface area (Å²) >= 11 is 0. The molecule has 0 heterocycles. The molecule has 0 bridgehead atoms. The molecule has 0 saturated heterocycles. The molecule has 0 fully saturated rings. The third kappa shape index (κ3) is 15.3. The summed E-state index contributed by atoms with van der Waals surface area (Å²) in [6, 6.07) is 39.1. The fourth-order valence-corrected chi connectivity index (χ4v) is 5.56. The van der Waals surface area contributed by atoms with Gasteiger partial charge in [0.05, 0.1) is 64.6 Å². The van der Waals surface area contributed by atoms with Gasteiger partial charge in [-0.3, -0.25) is 0 Å². The minimum absolute atomic E-state index is 0.105. The van der Waals surface area contributed by atoms with Gasteiger partial charge in [0.25, 0.3) is 0 Å². The van der Waals surface area contributed by atoms with Crippen LogP contribution in [0.2, 0.25) is 0 Å². The van der Waals surface area contributed by atoms with Crippen LogP contribution < -0.4 is 0 Å². The van der Waals surface area contributed by atoms with Gasteiger partial charge in [-0.2, -0.15) is 0 Å². The highest BCUT2D eigenvalue weighted by Crippen LogP contribution is 2.20. The zero-order chi connectivity index (χ0) is 35.9. The van der Waals surface area contributed by atoms with Crippen LogP contribution in [-0.4, -0.2) is 85.0 Å². The van der Waals surface area contributed by atoms with Crippen LogP contribution in [0.25, 0.3) is 0 Å². The lowest BCUT2D eigenvalue weighted by atomic mass is 10.0. The summed E-state index contributed by atoms with van der Waals surface area (Å²) in [5, 5.41) is 32.4. The highest BCUT2D eigenvalue weighted by Gasteiger charge is 2.31. The van der Waals surface area contributed by atoms with E-state index in [-0.39, 0.29) is 39.5 Å². The van der Waals surface area contributed by atoms with Crippen molar-refractivity contribution in [3.05, 3.63) is 144 Å². The maximum Gasteiger partial charge on any atom is 0.112 e. The van der Waals surface area contributed by atoms with Crippen LogP contribution in [0.5, 0.6) is 0 Å². The maximum absolute atomic E-state index is 11.2. The van der Waals surface area contributed by atoms with Crippen molar-refractivity contribution in [1.29, 1.82) is 0 Å². The first kappa shape index (κ1) is 40.3. The van der Waals surface area contributed by atoms with E-state index >= 15 is 0 Å². The Hall–Kier alpha value is -3.48. The van der Waals surface area contributed by atoms with Crippen molar-refractivity contribution in [1.82, 2.24) is 0 Å². The first-order valence-electron chi connectivity index (χ1n) is 17.8. The average Bonchev–Trinajstić information content (AvgIpc) is 3.18. The van der Waals surface area contributed by atoms with Crippen LogP contribution >= 0.6 is 0 Å². The van der Waals surface area contributed by atoms with Gasteiger partial charge in [0.2, 0.25) is 0 Å². The van der Waals surface area contributed by atoms with E-state index in [9.17, 15) is 15.3 Å². The lowest BCUT2D eigenvalue weighted by Gasteiger charge is -2.31. The second-order valence-corrected chi connectivity index (χ2v) is 12.4. The second kappa shape index (κ2) is 23.9. The number of aliphatic hydroxyl groups is 3. The molecule has 4 aromatic rings. The van der Waals surface area contributed by atoms with Crippen molar-refractivity contribution in [3.63, 3.8) is 0 Å². The maximum atomic E-state index is 11.2. The lowest BCUT2D eigenvalue weighted by Crippen LogP contribution is -2.44. The van der Waals surface area contributed by atoms with E-state index in [1.165, 1.54) is 0 Å². The van der Waals surface area contributed by atoms with Gasteiger partial charge in [-0.05, 0) is 35.6 Å². The number of hydrogen-bond acceptors (Lipinski definition) is 9. The van der Waals surface area contributed by atoms with Crippen molar-refractivity contribution < 1.29 is 43.7 Å². The molecule has 51 heavy (non-hydrogen) atoms. The van der Waals surface area contributed by atoms with E-state index in [0.29, 0.717) is 32.8 Å². The average molecular weight is 703 g/mol. The van der Waals surface area contributed by atoms with Crippen LogP contribution in [0.1, 0.15) is 42.0 Å². The predicted molar refractivity (Wildman–Crippen MR) is 196 cm³/mol. The van der Waals surface area contributed by atoms with Gasteiger partial charge >= 0.3 is 0 Å². The number of rotatable bonds is 26. The summed E-state index contributed by atoms with van der Waals surface area (Å²) in [4.78, 5) is 0. The number of ether oxygens (including phenoxy) is 6. The molecule has 0 aliphatic carbocycles. The van der Waals surface area contributed by atoms with Crippen molar-refractivity contribution in [3.8, 4) is 0 Å². The summed E-state index contributed by atoms with van der Waals surface area (Å²) in [6.45, 7) is 3.80. The van der Waals surface area contributed by atoms with Gasteiger partial charge < -0.3 is 43.7 Å². The van der Waals surface area contributed by atoms with Gasteiger partial charge in [0.1, 0.15) is 18.3 Å². The molecule has 6 atom stereocenters. The molecule has 6 unspecified atom stereocenters. The van der Waals surface area contributed by atoms with Gasteiger partial charge in [-0.25, -0.2) is 0 Å². The molecule has 0 aromatic heterocycles. The fraction of sp³-hybridized carbons (Fsp3) is 0.429. The van der Waals surface area contributed by atoms with Crippen molar-refractivity contribution in [2.75, 3.05) is 33.0 Å². The smallest absolute Gasteiger partial charge is 0.112 e. The molecular weight excluding hydrogens is 648 g/mol. The molecule has 0 amide bonds. The van der Waals surface area contributed by atoms with Crippen molar-refractivity contribution in [2.24, 2.45) is 0 Å². The van der Waals surface area contributed by atoms with Gasteiger partial charge in [-0.15, -0.1) is 0 Å². The Balaban J connectivity index is 1.41. The molecule has 4 rings (SSSR count). The van der Waals surface area contributed by atoms with E-state index in [2.05, 4.69) is 0 Å². The Bertz CT molecular complexity index is 1410. The molecule has 9 heteroatoms. The van der Waals surface area contributed by atoms with E-state index in [4.69, 9.17) is 28.4 Å². The topological polar surface area (TPSA) is 116 Å². The second-order valence-electron chi connectivity index (χ2n) is 12.4. The third-order valence-electron chi connectivity index (χ3n) is 8.43. The Morgan fingerprint density at radius 1 is 0.510 bits per heavy atom. The molecular formula is C42H54O9. The third-order valence-corrected chi connectivity index (χ3v) is 8.43. The minimum atomic E-state index is -0.991. The molecule has 0 radical (unpaired) electrons. The van der Waals surface area contributed by atoms with E-state index < -0.39 is 36.6 Å². The van der Waals surface area contributed by atoms with Gasteiger partial charge in [-0.1, -0.05) is 121 Å². The van der Waals surface area contributed by atoms with Crippen molar-refractivity contribution in [2.45, 2.75) is 82.8 Å². The molecule has 4 aromatic carbocycles. The molecule has 3 N–H and O–H groups in total. The monoisotopic (exact) mass is 702 g/mol. The van der Waals surface area contributed by atoms with Gasteiger partial charge in [0, 0.05) is 19.6 Å². The molecule has 276 valence electrons. The van der Waals surface area contributed by atoms with Crippen molar-refractivity contribution >= 4 is 0 Å². The van der Waals surface area contributed by atoms with Crippen LogP contribution in [0, 0.1) is 0 Å². The Morgan fingerprint density at radius 3 is 1.43 bits per heavy atom. The molecule has 0 saturated carbocycles. The van der Waals surface area contributed by atoms with E-state index in [0.717, 1.165) is 22.3 Å². The number of benzene rings is 4. The van der Waals surface area contributed by atoms with Crippen LogP contribution in [-0.2, 0) is 54.8 Å². The van der Waals surface area contributed by atoms with Crippen LogP contribution in [0.3, 0.4) is 0 Å². The standard InChI is InChI=1S/C42H54O9/c1-2-46-32-39(45)42(51-30-36-21-13-6-14-22-36)40(49-28-34-17-9-4-10-18-34)23-24-47-31-37(48-27-33-15-7-3-8-16-33)25-38(44)41(26-43)50-29-35-19-11-5-12-20-35/h3-22,37-45H,2,23-32H2,1H3. The fourth-order valence-electron chi connectivity index (χ4n) is 5.56. The molecule has 0 spiro atoms. The number of hydrogen-bond donors (Lipinski definition) is 3. The summed E-state index contributed by atoms with van der Waals surface area (Å²) in [5.41, 5.74) is 3.92. The molecule has 9 nitrogen and oxygen atoms in total. The molecule has 0 aliphatic rings. The highest BCUT2D eigenvalue weighted by atomic mass is 16.6. The first-order chi connectivity index (χ1) is 25.1. The Morgan fingerprint density at radius 2 is 0.961 bits per heavy atom. The SMILES string of the molecule is CCOCC(O)C(OCc1ccccc1)C(CCOCC(CC(O)C(CO)OCc1ccccc1)OCc1ccccc1)OCc1ccccc1. The zero-order valence-corrected chi connectivity index (χ0v) is 29.6. The number of aliphatic hydroxyl groups excluding tert-OH is 3. The largest absolute Gasteiger partial charge is 0.394 e. The lowest BCUT2D eigenvalue weighted by molar-refractivity contribution is -0.153. The highest BCUT2D eigenvalue weighted by molar-refractivity contribution is 5.16. The summed E-state index contributed by atoms with van der Waals surface area (Å²) < 4.78 is 36.7. The first-order valence-corrected chi connectivity index (χ1v) is 17.8. The quantitative estimate of drug-likeness (QED) is 0.0691. The normalized spacial score (nSPS) is 15.1. The van der Waals surface area contributed by atoms with Gasteiger partial charge in [0.15, 0.2) is 0 Å². The molecule has 0 aliphatic heterocycles. The summed E-state index contributed by atoms with van der Waals surface area (Å²) in [7, 11) is 0. The van der Waals surface area contributed by atoms with Crippen LogP contribution in [0.4, 0.5) is 0 Å². The van der Waals surface area contributed by atoms with Crippen LogP contribution in [0.15, 0.2) is 121 Å². The predicted octanol–water partition coefficient (Wildman–Crippen LogP) is 5.88. The van der Waals surface area contributed by atoms with E-state index in [1.54, 1.807) is 0 Å². The van der Waals surface area contributed by atoms with E-state index in [1.807, 2.05) is 128 Å². The summed E-state index contributed by atoms with van der Waals surface area (Å²) in [6.07, 6.45) is -3.82. The summed E-state index contributed by atoms with van der Waals surface area (Å²) in [5.74, 6) is 0. The minimum Gasteiger partial charge on any atom is -0.394 e.